The molecule has 1 aromatic rings. The normalized spacial score (nSPS) is 8.45. The van der Waals surface area contributed by atoms with Gasteiger partial charge in [-0.2, -0.15) is 0 Å². The molecule has 0 spiro atoms. The molecule has 0 saturated carbocycles. The van der Waals surface area contributed by atoms with Crippen LogP contribution in [0.1, 0.15) is 0 Å². The lowest BCUT2D eigenvalue weighted by molar-refractivity contribution is -0.385. The fourth-order valence-corrected chi connectivity index (χ4v) is 0.702. The maximum Gasteiger partial charge on any atom is 0.306 e. The summed E-state index contributed by atoms with van der Waals surface area (Å²) in [5, 5.41) is 10.0. The summed E-state index contributed by atoms with van der Waals surface area (Å²) in [6.07, 6.45) is 1.40. The molecule has 0 unspecified atom stereocenters. The number of halogens is 2. The van der Waals surface area contributed by atoms with Crippen LogP contribution in [0.15, 0.2) is 18.3 Å². The summed E-state index contributed by atoms with van der Waals surface area (Å²) in [7, 11) is 0. The molecule has 0 aliphatic heterocycles. The molecular formula is C5H4Cl2N2O2. The Labute approximate surface area is 73.8 Å². The van der Waals surface area contributed by atoms with Crippen molar-refractivity contribution in [3.8, 4) is 0 Å². The van der Waals surface area contributed by atoms with Gasteiger partial charge in [-0.25, -0.2) is 4.98 Å². The van der Waals surface area contributed by atoms with E-state index in [9.17, 15) is 10.1 Å². The van der Waals surface area contributed by atoms with Crippen molar-refractivity contribution in [2.75, 3.05) is 0 Å². The van der Waals surface area contributed by atoms with Gasteiger partial charge in [0.05, 0.1) is 4.92 Å². The van der Waals surface area contributed by atoms with Crippen LogP contribution >= 0.6 is 24.0 Å². The lowest BCUT2D eigenvalue weighted by Crippen LogP contribution is -1.89. The van der Waals surface area contributed by atoms with Gasteiger partial charge in [0.15, 0.2) is 0 Å². The van der Waals surface area contributed by atoms with E-state index in [4.69, 9.17) is 11.6 Å². The zero-order chi connectivity index (χ0) is 7.56. The van der Waals surface area contributed by atoms with Crippen molar-refractivity contribution in [3.05, 3.63) is 33.6 Å². The second kappa shape index (κ2) is 4.10. The van der Waals surface area contributed by atoms with Crippen molar-refractivity contribution in [2.24, 2.45) is 0 Å². The molecule has 11 heavy (non-hydrogen) atoms. The minimum absolute atomic E-state index is 0. The first-order valence-electron chi connectivity index (χ1n) is 2.46. The third-order valence-corrected chi connectivity index (χ3v) is 1.23. The predicted molar refractivity (Wildman–Crippen MR) is 43.1 cm³/mol. The first-order valence-corrected chi connectivity index (χ1v) is 2.84. The van der Waals surface area contributed by atoms with Crippen LogP contribution in [-0.4, -0.2) is 9.91 Å². The number of aromatic nitrogens is 1. The van der Waals surface area contributed by atoms with Crippen LogP contribution in [0.5, 0.6) is 0 Å². The number of hydrogen-bond donors (Lipinski definition) is 0. The fourth-order valence-electron chi connectivity index (χ4n) is 0.514. The molecule has 1 rings (SSSR count). The molecule has 1 aromatic heterocycles. The number of pyridine rings is 1. The van der Waals surface area contributed by atoms with E-state index in [-0.39, 0.29) is 23.2 Å². The third kappa shape index (κ3) is 2.32. The number of nitrogens with zero attached hydrogens (tertiary/aromatic N) is 2. The molecule has 1 heterocycles. The lowest BCUT2D eigenvalue weighted by Gasteiger charge is -1.89. The van der Waals surface area contributed by atoms with E-state index in [1.165, 1.54) is 18.3 Å². The smallest absolute Gasteiger partial charge is 0.258 e. The van der Waals surface area contributed by atoms with Crippen LogP contribution in [0.25, 0.3) is 0 Å². The molecule has 0 radical (unpaired) electrons. The summed E-state index contributed by atoms with van der Waals surface area (Å²) in [6.45, 7) is 0. The van der Waals surface area contributed by atoms with Crippen molar-refractivity contribution in [2.45, 2.75) is 0 Å². The molecule has 0 amide bonds. The largest absolute Gasteiger partial charge is 0.306 e. The Morgan fingerprint density at radius 3 is 2.64 bits per heavy atom. The van der Waals surface area contributed by atoms with Crippen LogP contribution in [-0.2, 0) is 0 Å². The van der Waals surface area contributed by atoms with E-state index < -0.39 is 4.92 Å². The summed E-state index contributed by atoms with van der Waals surface area (Å²) in [5.74, 6) is 0. The van der Waals surface area contributed by atoms with Crippen molar-refractivity contribution in [1.29, 1.82) is 0 Å². The second-order valence-electron chi connectivity index (χ2n) is 1.57. The average molecular weight is 195 g/mol. The van der Waals surface area contributed by atoms with Crippen LogP contribution in [0, 0.1) is 10.1 Å². The predicted octanol–water partition coefficient (Wildman–Crippen LogP) is 2.06. The van der Waals surface area contributed by atoms with Gasteiger partial charge < -0.3 is 0 Å². The molecule has 60 valence electrons. The van der Waals surface area contributed by atoms with Gasteiger partial charge in [0.25, 0.3) is 0 Å². The topological polar surface area (TPSA) is 56.0 Å². The van der Waals surface area contributed by atoms with Crippen molar-refractivity contribution in [1.82, 2.24) is 4.98 Å². The summed E-state index contributed by atoms with van der Waals surface area (Å²) < 4.78 is 0. The molecular weight excluding hydrogens is 191 g/mol. The molecule has 0 aliphatic carbocycles. The Balaban J connectivity index is 0.000001000. The van der Waals surface area contributed by atoms with Crippen molar-refractivity contribution < 1.29 is 4.92 Å². The van der Waals surface area contributed by atoms with E-state index in [0.29, 0.717) is 0 Å². The molecule has 4 nitrogen and oxygen atoms in total. The van der Waals surface area contributed by atoms with Crippen LogP contribution in [0.4, 0.5) is 5.69 Å². The molecule has 0 saturated heterocycles. The van der Waals surface area contributed by atoms with Gasteiger partial charge in [0.2, 0.25) is 5.15 Å². The molecule has 0 N–H and O–H groups in total. The van der Waals surface area contributed by atoms with Gasteiger partial charge >= 0.3 is 5.69 Å². The highest BCUT2D eigenvalue weighted by Crippen LogP contribution is 2.19. The van der Waals surface area contributed by atoms with Gasteiger partial charge in [0.1, 0.15) is 0 Å². The Hall–Kier alpha value is -0.870. The zero-order valence-electron chi connectivity index (χ0n) is 5.23. The second-order valence-corrected chi connectivity index (χ2v) is 1.93. The van der Waals surface area contributed by atoms with Crippen LogP contribution in [0.2, 0.25) is 5.15 Å². The van der Waals surface area contributed by atoms with Crippen LogP contribution in [0.3, 0.4) is 0 Å². The third-order valence-electron chi connectivity index (χ3n) is 0.936. The number of nitro groups is 1. The van der Waals surface area contributed by atoms with E-state index in [1.54, 1.807) is 0 Å². The first-order chi connectivity index (χ1) is 4.72. The molecule has 0 aromatic carbocycles. The average Bonchev–Trinajstić information content (AvgIpc) is 1.88. The maximum atomic E-state index is 10.1. The minimum Gasteiger partial charge on any atom is -0.258 e. The SMILES string of the molecule is Cl.O=[N+]([O-])c1cccnc1Cl. The highest BCUT2D eigenvalue weighted by molar-refractivity contribution is 6.31. The Bertz CT molecular complexity index is 266. The molecule has 0 bridgehead atoms. The summed E-state index contributed by atoms with van der Waals surface area (Å²) in [4.78, 5) is 13.1. The molecule has 0 aliphatic rings. The molecule has 0 atom stereocenters. The summed E-state index contributed by atoms with van der Waals surface area (Å²) >= 11 is 5.37. The fraction of sp³-hybridized carbons (Fsp3) is 0. The zero-order valence-corrected chi connectivity index (χ0v) is 6.80. The van der Waals surface area contributed by atoms with Crippen LogP contribution < -0.4 is 0 Å². The van der Waals surface area contributed by atoms with Gasteiger partial charge in [-0.3, -0.25) is 10.1 Å². The Morgan fingerprint density at radius 1 is 1.64 bits per heavy atom. The maximum absolute atomic E-state index is 10.1. The summed E-state index contributed by atoms with van der Waals surface area (Å²) in [5.41, 5.74) is -0.163. The summed E-state index contributed by atoms with van der Waals surface area (Å²) in [6, 6.07) is 2.76. The van der Waals surface area contributed by atoms with Gasteiger partial charge in [0, 0.05) is 12.3 Å². The van der Waals surface area contributed by atoms with E-state index in [2.05, 4.69) is 4.98 Å². The monoisotopic (exact) mass is 194 g/mol. The Morgan fingerprint density at radius 2 is 2.27 bits per heavy atom. The van der Waals surface area contributed by atoms with E-state index >= 15 is 0 Å². The van der Waals surface area contributed by atoms with Gasteiger partial charge in [-0.05, 0) is 6.07 Å². The quantitative estimate of drug-likeness (QED) is 0.391. The standard InChI is InChI=1S/C5H3ClN2O2.ClH/c6-5-4(8(9)10)2-1-3-7-5;/h1-3H;1H. The number of rotatable bonds is 1. The molecule has 0 fully saturated rings. The minimum atomic E-state index is -0.574. The molecule has 6 heteroatoms. The van der Waals surface area contributed by atoms with E-state index in [0.717, 1.165) is 0 Å². The lowest BCUT2D eigenvalue weighted by atomic mass is 10.4. The van der Waals surface area contributed by atoms with Gasteiger partial charge in [-0.15, -0.1) is 12.4 Å². The Kier molecular flexibility index (Phi) is 3.78. The van der Waals surface area contributed by atoms with Crippen molar-refractivity contribution in [3.63, 3.8) is 0 Å². The highest BCUT2D eigenvalue weighted by Gasteiger charge is 2.09. The highest BCUT2D eigenvalue weighted by atomic mass is 35.5. The van der Waals surface area contributed by atoms with E-state index in [1.807, 2.05) is 0 Å². The first kappa shape index (κ1) is 10.1. The number of hydrogen-bond acceptors (Lipinski definition) is 3. The van der Waals surface area contributed by atoms with Crippen molar-refractivity contribution >= 4 is 29.7 Å². The van der Waals surface area contributed by atoms with Gasteiger partial charge in [-0.1, -0.05) is 11.6 Å².